The topological polar surface area (TPSA) is 72.3 Å². The number of aromatic carboxylic acids is 1. The van der Waals surface area contributed by atoms with Crippen molar-refractivity contribution in [1.29, 1.82) is 0 Å². The van der Waals surface area contributed by atoms with Crippen molar-refractivity contribution >= 4 is 5.97 Å². The molecule has 2 aromatic heterocycles. The lowest BCUT2D eigenvalue weighted by molar-refractivity contribution is 0.0687. The molecule has 0 aliphatic carbocycles. The highest BCUT2D eigenvalue weighted by Gasteiger charge is 2.11. The lowest BCUT2D eigenvalue weighted by atomic mass is 10.2. The third-order valence-electron chi connectivity index (χ3n) is 2.44. The standard InChI is InChI=1S/C13H12N2O3/c1-9-11(5-3-6-14-9)18-8-10-4-2-7-15-12(10)13(16)17/h2-7H,8H2,1H3,(H,16,17). The zero-order chi connectivity index (χ0) is 13.0. The number of pyridine rings is 2. The Kier molecular flexibility index (Phi) is 3.52. The molecule has 0 saturated heterocycles. The molecule has 0 aliphatic heterocycles. The average molecular weight is 244 g/mol. The predicted octanol–water partition coefficient (Wildman–Crippen LogP) is 2.06. The Hall–Kier alpha value is -2.43. The van der Waals surface area contributed by atoms with Crippen molar-refractivity contribution in [2.45, 2.75) is 13.5 Å². The highest BCUT2D eigenvalue weighted by molar-refractivity contribution is 5.86. The predicted molar refractivity (Wildman–Crippen MR) is 64.5 cm³/mol. The van der Waals surface area contributed by atoms with E-state index in [1.54, 1.807) is 30.5 Å². The summed E-state index contributed by atoms with van der Waals surface area (Å²) in [5.74, 6) is -0.421. The highest BCUT2D eigenvalue weighted by Crippen LogP contribution is 2.16. The fourth-order valence-electron chi connectivity index (χ4n) is 1.53. The van der Waals surface area contributed by atoms with Gasteiger partial charge in [-0.15, -0.1) is 0 Å². The molecule has 2 aromatic rings. The van der Waals surface area contributed by atoms with E-state index >= 15 is 0 Å². The van der Waals surface area contributed by atoms with Gasteiger partial charge in [-0.05, 0) is 25.1 Å². The van der Waals surface area contributed by atoms with Gasteiger partial charge in [-0.3, -0.25) is 4.98 Å². The van der Waals surface area contributed by atoms with Crippen molar-refractivity contribution in [3.05, 3.63) is 53.6 Å². The largest absolute Gasteiger partial charge is 0.487 e. The summed E-state index contributed by atoms with van der Waals surface area (Å²) in [6, 6.07) is 6.92. The van der Waals surface area contributed by atoms with Gasteiger partial charge in [-0.25, -0.2) is 9.78 Å². The average Bonchev–Trinajstić information content (AvgIpc) is 2.38. The van der Waals surface area contributed by atoms with E-state index in [-0.39, 0.29) is 12.3 Å². The Bertz CT molecular complexity index is 570. The molecule has 2 heterocycles. The van der Waals surface area contributed by atoms with Crippen LogP contribution in [0.5, 0.6) is 5.75 Å². The molecule has 1 N–H and O–H groups in total. The first-order valence-corrected chi connectivity index (χ1v) is 5.40. The van der Waals surface area contributed by atoms with Crippen LogP contribution in [0.25, 0.3) is 0 Å². The van der Waals surface area contributed by atoms with Crippen LogP contribution in [0, 0.1) is 6.92 Å². The summed E-state index contributed by atoms with van der Waals surface area (Å²) in [4.78, 5) is 18.9. The van der Waals surface area contributed by atoms with Crippen LogP contribution in [-0.4, -0.2) is 21.0 Å². The number of rotatable bonds is 4. The van der Waals surface area contributed by atoms with Crippen LogP contribution in [0.15, 0.2) is 36.7 Å². The van der Waals surface area contributed by atoms with Gasteiger partial charge in [0.2, 0.25) is 0 Å². The minimum Gasteiger partial charge on any atom is -0.487 e. The maximum atomic E-state index is 11.0. The molecule has 0 saturated carbocycles. The van der Waals surface area contributed by atoms with Gasteiger partial charge >= 0.3 is 5.97 Å². The summed E-state index contributed by atoms with van der Waals surface area (Å²) >= 11 is 0. The summed E-state index contributed by atoms with van der Waals surface area (Å²) in [6.45, 7) is 1.98. The van der Waals surface area contributed by atoms with Gasteiger partial charge in [0.05, 0.1) is 5.69 Å². The second-order valence-electron chi connectivity index (χ2n) is 3.69. The molecule has 0 unspecified atom stereocenters. The van der Waals surface area contributed by atoms with Crippen LogP contribution >= 0.6 is 0 Å². The molecule has 0 aliphatic rings. The Morgan fingerprint density at radius 3 is 2.72 bits per heavy atom. The number of aromatic nitrogens is 2. The number of carboxylic acid groups (broad SMARTS) is 1. The quantitative estimate of drug-likeness (QED) is 0.891. The molecular formula is C13H12N2O3. The smallest absolute Gasteiger partial charge is 0.354 e. The van der Waals surface area contributed by atoms with Crippen LogP contribution in [-0.2, 0) is 6.61 Å². The van der Waals surface area contributed by atoms with Crippen LogP contribution in [0.2, 0.25) is 0 Å². The molecule has 0 aromatic carbocycles. The number of ether oxygens (including phenoxy) is 1. The summed E-state index contributed by atoms with van der Waals surface area (Å²) in [7, 11) is 0. The maximum Gasteiger partial charge on any atom is 0.354 e. The van der Waals surface area contributed by atoms with Gasteiger partial charge in [-0.1, -0.05) is 6.07 Å². The molecular weight excluding hydrogens is 232 g/mol. The van der Waals surface area contributed by atoms with Crippen molar-refractivity contribution in [3.63, 3.8) is 0 Å². The third-order valence-corrected chi connectivity index (χ3v) is 2.44. The van der Waals surface area contributed by atoms with Crippen molar-refractivity contribution in [1.82, 2.24) is 9.97 Å². The highest BCUT2D eigenvalue weighted by atomic mass is 16.5. The van der Waals surface area contributed by atoms with Crippen LogP contribution < -0.4 is 4.74 Å². The van der Waals surface area contributed by atoms with Crippen molar-refractivity contribution in [2.24, 2.45) is 0 Å². The number of carboxylic acids is 1. The molecule has 92 valence electrons. The fraction of sp³-hybridized carbons (Fsp3) is 0.154. The zero-order valence-electron chi connectivity index (χ0n) is 9.83. The minimum atomic E-state index is -1.06. The normalized spacial score (nSPS) is 10.1. The fourth-order valence-corrected chi connectivity index (χ4v) is 1.53. The number of aryl methyl sites for hydroxylation is 1. The number of carbonyl (C=O) groups is 1. The molecule has 18 heavy (non-hydrogen) atoms. The molecule has 2 rings (SSSR count). The molecule has 0 atom stereocenters. The van der Waals surface area contributed by atoms with E-state index < -0.39 is 5.97 Å². The summed E-state index contributed by atoms with van der Waals surface area (Å²) in [5, 5.41) is 8.99. The van der Waals surface area contributed by atoms with E-state index in [1.165, 1.54) is 6.20 Å². The molecule has 0 radical (unpaired) electrons. The molecule has 5 heteroatoms. The van der Waals surface area contributed by atoms with Crippen molar-refractivity contribution < 1.29 is 14.6 Å². The van der Waals surface area contributed by atoms with Crippen molar-refractivity contribution in [2.75, 3.05) is 0 Å². The van der Waals surface area contributed by atoms with E-state index in [0.29, 0.717) is 11.3 Å². The van der Waals surface area contributed by atoms with Crippen molar-refractivity contribution in [3.8, 4) is 5.75 Å². The van der Waals surface area contributed by atoms with Crippen LogP contribution in [0.4, 0.5) is 0 Å². The van der Waals surface area contributed by atoms with E-state index in [0.717, 1.165) is 5.69 Å². The van der Waals surface area contributed by atoms with Gasteiger partial charge in [0.1, 0.15) is 12.4 Å². The number of nitrogens with zero attached hydrogens (tertiary/aromatic N) is 2. The first-order chi connectivity index (χ1) is 8.68. The van der Waals surface area contributed by atoms with E-state index in [2.05, 4.69) is 9.97 Å². The van der Waals surface area contributed by atoms with E-state index in [1.807, 2.05) is 6.92 Å². The van der Waals surface area contributed by atoms with Crippen LogP contribution in [0.1, 0.15) is 21.7 Å². The van der Waals surface area contributed by atoms with Gasteiger partial charge in [0, 0.05) is 18.0 Å². The van der Waals surface area contributed by atoms with Crippen LogP contribution in [0.3, 0.4) is 0 Å². The first kappa shape index (κ1) is 12.0. The van der Waals surface area contributed by atoms with E-state index in [4.69, 9.17) is 9.84 Å². The number of hydrogen-bond donors (Lipinski definition) is 1. The molecule has 5 nitrogen and oxygen atoms in total. The molecule has 0 amide bonds. The van der Waals surface area contributed by atoms with Gasteiger partial charge < -0.3 is 9.84 Å². The SMILES string of the molecule is Cc1ncccc1OCc1cccnc1C(=O)O. The van der Waals surface area contributed by atoms with E-state index in [9.17, 15) is 4.79 Å². The second-order valence-corrected chi connectivity index (χ2v) is 3.69. The molecule has 0 spiro atoms. The second kappa shape index (κ2) is 5.27. The third kappa shape index (κ3) is 2.63. The first-order valence-electron chi connectivity index (χ1n) is 5.40. The maximum absolute atomic E-state index is 11.0. The Morgan fingerprint density at radius 1 is 1.28 bits per heavy atom. The molecule has 0 fully saturated rings. The van der Waals surface area contributed by atoms with Gasteiger partial charge in [0.25, 0.3) is 0 Å². The van der Waals surface area contributed by atoms with Gasteiger partial charge in [-0.2, -0.15) is 0 Å². The lowest BCUT2D eigenvalue weighted by Gasteiger charge is -2.09. The summed E-state index contributed by atoms with van der Waals surface area (Å²) in [5.41, 5.74) is 1.31. The Balaban J connectivity index is 2.16. The Morgan fingerprint density at radius 2 is 2.00 bits per heavy atom. The Labute approximate surface area is 104 Å². The minimum absolute atomic E-state index is 0.0130. The van der Waals surface area contributed by atoms with Gasteiger partial charge in [0.15, 0.2) is 5.69 Å². The molecule has 0 bridgehead atoms. The lowest BCUT2D eigenvalue weighted by Crippen LogP contribution is -2.08. The monoisotopic (exact) mass is 244 g/mol. The summed E-state index contributed by atoms with van der Waals surface area (Å²) in [6.07, 6.45) is 3.12. The zero-order valence-corrected chi connectivity index (χ0v) is 9.83. The number of hydrogen-bond acceptors (Lipinski definition) is 4. The summed E-state index contributed by atoms with van der Waals surface area (Å²) < 4.78 is 5.55.